The molecule has 0 aliphatic heterocycles. The van der Waals surface area contributed by atoms with Crippen molar-refractivity contribution in [1.29, 1.82) is 0 Å². The van der Waals surface area contributed by atoms with Crippen molar-refractivity contribution < 1.29 is 18.0 Å². The van der Waals surface area contributed by atoms with Crippen molar-refractivity contribution in [3.05, 3.63) is 63.6 Å². The molecule has 2 aromatic carbocycles. The zero-order valence-electron chi connectivity index (χ0n) is 20.6. The number of hydrogen-bond donors (Lipinski definition) is 1. The number of aryl methyl sites for hydroxylation is 2. The maximum Gasteiger partial charge on any atom is 0.244 e. The molecule has 0 aliphatic carbocycles. The molecule has 1 N–H and O–H groups in total. The van der Waals surface area contributed by atoms with Crippen molar-refractivity contribution in [3.63, 3.8) is 0 Å². The minimum Gasteiger partial charge on any atom is -0.352 e. The molecule has 0 saturated carbocycles. The van der Waals surface area contributed by atoms with Crippen LogP contribution in [0, 0.1) is 13.8 Å². The summed E-state index contributed by atoms with van der Waals surface area (Å²) in [5.41, 5.74) is 3.13. The molecular formula is C25H34BrN3O4S. The van der Waals surface area contributed by atoms with Crippen LogP contribution in [-0.4, -0.2) is 50.0 Å². The highest BCUT2D eigenvalue weighted by atomic mass is 79.9. The lowest BCUT2D eigenvalue weighted by atomic mass is 10.1. The first-order valence-electron chi connectivity index (χ1n) is 11.2. The van der Waals surface area contributed by atoms with Crippen LogP contribution in [0.3, 0.4) is 0 Å². The fourth-order valence-electron chi connectivity index (χ4n) is 3.45. The number of rotatable bonds is 10. The number of nitrogens with one attached hydrogen (secondary N) is 1. The second-order valence-corrected chi connectivity index (χ2v) is 11.5. The van der Waals surface area contributed by atoms with Crippen LogP contribution in [0.15, 0.2) is 46.9 Å². The predicted octanol–water partition coefficient (Wildman–Crippen LogP) is 4.16. The molecule has 9 heteroatoms. The summed E-state index contributed by atoms with van der Waals surface area (Å²) >= 11 is 3.42. The second-order valence-electron chi connectivity index (χ2n) is 8.71. The Morgan fingerprint density at radius 3 is 2.32 bits per heavy atom. The van der Waals surface area contributed by atoms with E-state index in [1.807, 2.05) is 52.0 Å². The Balaban J connectivity index is 2.41. The van der Waals surface area contributed by atoms with Crippen molar-refractivity contribution in [3.8, 4) is 0 Å². The molecule has 0 unspecified atom stereocenters. The standard InChI is InChI=1S/C25H34BrN3O4S/c1-7-19(4)27-25(31)20(5)28(15-21-10-8-9-17(2)13-21)24(30)16-29(34(6,32)33)22-11-12-23(26)18(3)14-22/h8-14,19-20H,7,15-16H2,1-6H3,(H,27,31)/t19-,20+/m1/s1. The van der Waals surface area contributed by atoms with Crippen LogP contribution in [0.1, 0.15) is 43.9 Å². The van der Waals surface area contributed by atoms with Gasteiger partial charge in [0.25, 0.3) is 0 Å². The van der Waals surface area contributed by atoms with Crippen molar-refractivity contribution in [2.45, 2.75) is 59.7 Å². The van der Waals surface area contributed by atoms with E-state index in [2.05, 4.69) is 21.2 Å². The first-order valence-corrected chi connectivity index (χ1v) is 13.9. The van der Waals surface area contributed by atoms with E-state index in [4.69, 9.17) is 0 Å². The van der Waals surface area contributed by atoms with E-state index < -0.39 is 28.5 Å². The molecule has 0 saturated heterocycles. The molecule has 0 fully saturated rings. The van der Waals surface area contributed by atoms with Crippen LogP contribution in [-0.2, 0) is 26.2 Å². The third-order valence-electron chi connectivity index (χ3n) is 5.71. The number of carbonyl (C=O) groups excluding carboxylic acids is 2. The van der Waals surface area contributed by atoms with E-state index in [1.54, 1.807) is 25.1 Å². The first-order chi connectivity index (χ1) is 15.8. The number of anilines is 1. The molecule has 0 aliphatic rings. The highest BCUT2D eigenvalue weighted by molar-refractivity contribution is 9.10. The van der Waals surface area contributed by atoms with Gasteiger partial charge < -0.3 is 10.2 Å². The highest BCUT2D eigenvalue weighted by Crippen LogP contribution is 2.25. The Morgan fingerprint density at radius 1 is 1.09 bits per heavy atom. The SMILES string of the molecule is CC[C@@H](C)NC(=O)[C@H](C)N(Cc1cccc(C)c1)C(=O)CN(c1ccc(Br)c(C)c1)S(C)(=O)=O. The molecule has 2 amide bonds. The number of nitrogens with zero attached hydrogens (tertiary/aromatic N) is 2. The van der Waals surface area contributed by atoms with Crippen LogP contribution < -0.4 is 9.62 Å². The maximum absolute atomic E-state index is 13.5. The average molecular weight is 553 g/mol. The quantitative estimate of drug-likeness (QED) is 0.480. The van der Waals surface area contributed by atoms with Gasteiger partial charge >= 0.3 is 0 Å². The molecule has 0 heterocycles. The van der Waals surface area contributed by atoms with Crippen LogP contribution >= 0.6 is 15.9 Å². The Bertz CT molecular complexity index is 1140. The summed E-state index contributed by atoms with van der Waals surface area (Å²) in [6.45, 7) is 9.12. The molecule has 2 atom stereocenters. The average Bonchev–Trinajstić information content (AvgIpc) is 2.76. The van der Waals surface area contributed by atoms with E-state index in [1.165, 1.54) is 4.90 Å². The fourth-order valence-corrected chi connectivity index (χ4v) is 4.54. The summed E-state index contributed by atoms with van der Waals surface area (Å²) in [5.74, 6) is -0.736. The van der Waals surface area contributed by atoms with Gasteiger partial charge in [0.2, 0.25) is 21.8 Å². The summed E-state index contributed by atoms with van der Waals surface area (Å²) in [6, 6.07) is 12.0. The molecule has 2 aromatic rings. The number of sulfonamides is 1. The number of carbonyl (C=O) groups is 2. The molecule has 2 rings (SSSR count). The molecule has 0 radical (unpaired) electrons. The third-order valence-corrected chi connectivity index (χ3v) is 7.74. The number of halogens is 1. The van der Waals surface area contributed by atoms with Gasteiger partial charge in [-0.3, -0.25) is 13.9 Å². The lowest BCUT2D eigenvalue weighted by Gasteiger charge is -2.32. The van der Waals surface area contributed by atoms with E-state index in [0.717, 1.165) is 38.1 Å². The van der Waals surface area contributed by atoms with Crippen LogP contribution in [0.2, 0.25) is 0 Å². The van der Waals surface area contributed by atoms with Crippen LogP contribution in [0.25, 0.3) is 0 Å². The largest absolute Gasteiger partial charge is 0.352 e. The summed E-state index contributed by atoms with van der Waals surface area (Å²) < 4.78 is 27.2. The first kappa shape index (κ1) is 27.9. The summed E-state index contributed by atoms with van der Waals surface area (Å²) in [4.78, 5) is 27.9. The maximum atomic E-state index is 13.5. The van der Waals surface area contributed by atoms with Crippen LogP contribution in [0.4, 0.5) is 5.69 Å². The van der Waals surface area contributed by atoms with Gasteiger partial charge in [0, 0.05) is 17.1 Å². The van der Waals surface area contributed by atoms with Crippen molar-refractivity contribution in [2.24, 2.45) is 0 Å². The smallest absolute Gasteiger partial charge is 0.244 e. The monoisotopic (exact) mass is 551 g/mol. The normalized spacial score (nSPS) is 13.1. The molecule has 186 valence electrons. The molecule has 0 spiro atoms. The topological polar surface area (TPSA) is 86.8 Å². The minimum atomic E-state index is -3.75. The highest BCUT2D eigenvalue weighted by Gasteiger charge is 2.30. The third kappa shape index (κ3) is 7.56. The van der Waals surface area contributed by atoms with Gasteiger partial charge in [0.1, 0.15) is 12.6 Å². The lowest BCUT2D eigenvalue weighted by molar-refractivity contribution is -0.139. The van der Waals surface area contributed by atoms with Gasteiger partial charge in [-0.1, -0.05) is 52.7 Å². The summed E-state index contributed by atoms with van der Waals surface area (Å²) in [6.07, 6.45) is 1.83. The van der Waals surface area contributed by atoms with Gasteiger partial charge in [-0.2, -0.15) is 0 Å². The lowest BCUT2D eigenvalue weighted by Crippen LogP contribution is -2.52. The summed E-state index contributed by atoms with van der Waals surface area (Å²) in [7, 11) is -3.75. The minimum absolute atomic E-state index is 0.0378. The Kier molecular flexibility index (Phi) is 9.70. The van der Waals surface area contributed by atoms with Gasteiger partial charge in [-0.15, -0.1) is 0 Å². The van der Waals surface area contributed by atoms with Gasteiger partial charge in [0.15, 0.2) is 0 Å². The van der Waals surface area contributed by atoms with E-state index in [-0.39, 0.29) is 18.5 Å². The molecule has 7 nitrogen and oxygen atoms in total. The number of amides is 2. The van der Waals surface area contributed by atoms with Gasteiger partial charge in [0.05, 0.1) is 11.9 Å². The van der Waals surface area contributed by atoms with Crippen LogP contribution in [0.5, 0.6) is 0 Å². The number of benzene rings is 2. The fraction of sp³-hybridized carbons (Fsp3) is 0.440. The van der Waals surface area contributed by atoms with Crippen molar-refractivity contribution in [2.75, 3.05) is 17.1 Å². The van der Waals surface area contributed by atoms with Crippen molar-refractivity contribution >= 4 is 43.5 Å². The molecular weight excluding hydrogens is 518 g/mol. The molecule has 0 aromatic heterocycles. The molecule has 34 heavy (non-hydrogen) atoms. The van der Waals surface area contributed by atoms with Gasteiger partial charge in [-0.25, -0.2) is 8.42 Å². The van der Waals surface area contributed by atoms with Gasteiger partial charge in [-0.05, 0) is 63.4 Å². The zero-order valence-corrected chi connectivity index (χ0v) is 23.0. The summed E-state index contributed by atoms with van der Waals surface area (Å²) in [5, 5.41) is 2.92. The number of hydrogen-bond acceptors (Lipinski definition) is 4. The molecule has 0 bridgehead atoms. The van der Waals surface area contributed by atoms with E-state index >= 15 is 0 Å². The van der Waals surface area contributed by atoms with E-state index in [9.17, 15) is 18.0 Å². The Hall–Kier alpha value is -2.39. The predicted molar refractivity (Wildman–Crippen MR) is 140 cm³/mol. The Morgan fingerprint density at radius 2 is 1.76 bits per heavy atom. The Labute approximate surface area is 211 Å². The van der Waals surface area contributed by atoms with Crippen molar-refractivity contribution in [1.82, 2.24) is 10.2 Å². The van der Waals surface area contributed by atoms with E-state index in [0.29, 0.717) is 5.69 Å². The zero-order chi connectivity index (χ0) is 25.6. The second kappa shape index (κ2) is 11.8.